The molecular weight excluding hydrogens is 664 g/mol. The Morgan fingerprint density at radius 2 is 1.76 bits per heavy atom. The van der Waals surface area contributed by atoms with Crippen LogP contribution >= 0.6 is 45.2 Å². The molecule has 0 bridgehead atoms. The van der Waals surface area contributed by atoms with Crippen molar-refractivity contribution in [3.8, 4) is 17.2 Å². The summed E-state index contributed by atoms with van der Waals surface area (Å²) >= 11 is 4.14. The first-order valence-corrected chi connectivity index (χ1v) is 12.1. The fraction of sp³-hybridized carbons (Fsp3) is 0.0417. The summed E-state index contributed by atoms with van der Waals surface area (Å²) in [7, 11) is 0. The van der Waals surface area contributed by atoms with Gasteiger partial charge in [-0.15, -0.1) is 0 Å². The van der Waals surface area contributed by atoms with Crippen LogP contribution < -0.4 is 20.2 Å². The number of nitrogens with one attached hydrogen (secondary N) is 2. The van der Waals surface area contributed by atoms with Gasteiger partial charge in [-0.05, 0) is 93.2 Å². The number of halogens is 2. The van der Waals surface area contributed by atoms with Crippen molar-refractivity contribution in [2.45, 2.75) is 0 Å². The van der Waals surface area contributed by atoms with Crippen LogP contribution in [-0.2, 0) is 4.79 Å². The lowest BCUT2D eigenvalue weighted by Gasteiger charge is -2.10. The summed E-state index contributed by atoms with van der Waals surface area (Å²) in [4.78, 5) is 25.6. The van der Waals surface area contributed by atoms with Crippen LogP contribution in [0.5, 0.6) is 17.2 Å². The van der Waals surface area contributed by atoms with Gasteiger partial charge in [0.2, 0.25) is 6.79 Å². The summed E-state index contributed by atoms with van der Waals surface area (Å²) in [5.41, 5.74) is 3.85. The molecule has 1 aliphatic heterocycles. The highest BCUT2D eigenvalue weighted by Gasteiger charge is 2.17. The van der Waals surface area contributed by atoms with Crippen molar-refractivity contribution >= 4 is 69.3 Å². The van der Waals surface area contributed by atoms with Gasteiger partial charge in [0.1, 0.15) is 11.4 Å². The number of nitrogens with zero attached hydrogens (tertiary/aromatic N) is 1. The second-order valence-corrected chi connectivity index (χ2v) is 9.42. The maximum Gasteiger partial charge on any atom is 0.287 e. The van der Waals surface area contributed by atoms with Gasteiger partial charge in [0.15, 0.2) is 11.5 Å². The normalized spacial score (nSPS) is 12.6. The van der Waals surface area contributed by atoms with Crippen molar-refractivity contribution in [2.75, 3.05) is 6.79 Å². The third-order valence-corrected chi connectivity index (χ3v) is 6.11. The molecule has 8 nitrogen and oxygen atoms in total. The molecule has 2 amide bonds. The van der Waals surface area contributed by atoms with Crippen LogP contribution in [0, 0.1) is 7.14 Å². The number of ether oxygens (including phenoxy) is 2. The van der Waals surface area contributed by atoms with Gasteiger partial charge in [-0.3, -0.25) is 9.59 Å². The Labute approximate surface area is 222 Å². The number of hydrogen-bond donors (Lipinski definition) is 3. The van der Waals surface area contributed by atoms with Gasteiger partial charge < -0.3 is 19.9 Å². The molecule has 0 atom stereocenters. The molecule has 172 valence electrons. The fourth-order valence-corrected chi connectivity index (χ4v) is 4.91. The SMILES string of the molecule is O=C(N/N=C/c1cc(I)cc(I)c1O)C(=Cc1ccc2c(c1)OCO2)NC(=O)c1ccccc1. The second kappa shape index (κ2) is 10.9. The molecule has 0 saturated carbocycles. The number of phenols is 1. The van der Waals surface area contributed by atoms with E-state index < -0.39 is 11.8 Å². The van der Waals surface area contributed by atoms with Gasteiger partial charge >= 0.3 is 0 Å². The van der Waals surface area contributed by atoms with E-state index in [9.17, 15) is 14.7 Å². The van der Waals surface area contributed by atoms with Crippen LogP contribution in [0.15, 0.2) is 71.5 Å². The van der Waals surface area contributed by atoms with Crippen LogP contribution in [0.25, 0.3) is 6.08 Å². The molecule has 1 heterocycles. The lowest BCUT2D eigenvalue weighted by atomic mass is 10.1. The largest absolute Gasteiger partial charge is 0.506 e. The Hall–Kier alpha value is -3.13. The number of carbonyl (C=O) groups excluding carboxylic acids is 2. The molecule has 34 heavy (non-hydrogen) atoms. The highest BCUT2D eigenvalue weighted by Crippen LogP contribution is 2.33. The Balaban J connectivity index is 1.58. The number of hydrogen-bond acceptors (Lipinski definition) is 6. The standard InChI is InChI=1S/C24H17I2N3O5/c25-17-10-16(22(30)18(26)11-17)12-27-29-24(32)19(28-23(31)15-4-2-1-3-5-15)8-14-6-7-20-21(9-14)34-13-33-20/h1-12,30H,13H2,(H,28,31)(H,29,32)/b19-8?,27-12+. The number of aromatic hydroxyl groups is 1. The van der Waals surface area contributed by atoms with Crippen molar-refractivity contribution in [2.24, 2.45) is 5.10 Å². The molecule has 1 aliphatic rings. The summed E-state index contributed by atoms with van der Waals surface area (Å²) in [5.74, 6) is 0.125. The van der Waals surface area contributed by atoms with Crippen molar-refractivity contribution in [1.82, 2.24) is 10.7 Å². The zero-order valence-corrected chi connectivity index (χ0v) is 21.7. The van der Waals surface area contributed by atoms with Crippen LogP contribution in [0.3, 0.4) is 0 Å². The molecule has 0 saturated heterocycles. The quantitative estimate of drug-likeness (QED) is 0.156. The first kappa shape index (κ1) is 24.0. The first-order valence-electron chi connectivity index (χ1n) is 9.90. The minimum absolute atomic E-state index is 0.0219. The van der Waals surface area contributed by atoms with Crippen molar-refractivity contribution in [3.63, 3.8) is 0 Å². The first-order chi connectivity index (χ1) is 16.4. The van der Waals surface area contributed by atoms with Gasteiger partial charge in [-0.1, -0.05) is 24.3 Å². The Kier molecular flexibility index (Phi) is 7.67. The highest BCUT2D eigenvalue weighted by molar-refractivity contribution is 14.1. The Bertz CT molecular complexity index is 1310. The number of carbonyl (C=O) groups is 2. The van der Waals surface area contributed by atoms with Crippen molar-refractivity contribution in [3.05, 3.63) is 90.2 Å². The average molecular weight is 681 g/mol. The van der Waals surface area contributed by atoms with Gasteiger partial charge in [0.25, 0.3) is 11.8 Å². The Morgan fingerprint density at radius 3 is 2.56 bits per heavy atom. The molecular formula is C24H17I2N3O5. The summed E-state index contributed by atoms with van der Waals surface area (Å²) < 4.78 is 12.3. The smallest absolute Gasteiger partial charge is 0.287 e. The van der Waals surface area contributed by atoms with Crippen LogP contribution in [0.4, 0.5) is 0 Å². The highest BCUT2D eigenvalue weighted by atomic mass is 127. The number of fused-ring (bicyclic) bond motifs is 1. The van der Waals surface area contributed by atoms with Crippen molar-refractivity contribution in [1.29, 1.82) is 0 Å². The molecule has 10 heteroatoms. The van der Waals surface area contributed by atoms with E-state index in [2.05, 4.69) is 38.4 Å². The second-order valence-electron chi connectivity index (χ2n) is 7.02. The van der Waals surface area contributed by atoms with E-state index in [1.165, 1.54) is 12.3 Å². The zero-order chi connectivity index (χ0) is 24.1. The number of phenolic OH excluding ortho intramolecular Hbond substituents is 1. The van der Waals surface area contributed by atoms with Crippen LogP contribution in [-0.4, -0.2) is 29.9 Å². The van der Waals surface area contributed by atoms with Gasteiger partial charge in [-0.25, -0.2) is 5.43 Å². The summed E-state index contributed by atoms with van der Waals surface area (Å²) in [6, 6.07) is 17.3. The molecule has 3 aromatic carbocycles. The van der Waals surface area contributed by atoms with E-state index in [-0.39, 0.29) is 18.2 Å². The average Bonchev–Trinajstić information content (AvgIpc) is 3.30. The number of benzene rings is 3. The number of amides is 2. The summed E-state index contributed by atoms with van der Waals surface area (Å²) in [5, 5.41) is 16.8. The number of rotatable bonds is 6. The maximum absolute atomic E-state index is 12.9. The number of hydrazone groups is 1. The zero-order valence-electron chi connectivity index (χ0n) is 17.4. The van der Waals surface area contributed by atoms with E-state index in [0.717, 1.165) is 3.57 Å². The molecule has 3 N–H and O–H groups in total. The molecule has 0 aliphatic carbocycles. The molecule has 0 aromatic heterocycles. The molecule has 4 rings (SSSR count). The predicted octanol–water partition coefficient (Wildman–Crippen LogP) is 4.25. The van der Waals surface area contributed by atoms with E-state index in [0.29, 0.717) is 31.8 Å². The van der Waals surface area contributed by atoms with Crippen molar-refractivity contribution < 1.29 is 24.2 Å². The van der Waals surface area contributed by atoms with Crippen LogP contribution in [0.1, 0.15) is 21.5 Å². The molecule has 0 unspecified atom stereocenters. The molecule has 0 fully saturated rings. The summed E-state index contributed by atoms with van der Waals surface area (Å²) in [6.45, 7) is 0.125. The predicted molar refractivity (Wildman–Crippen MR) is 144 cm³/mol. The minimum Gasteiger partial charge on any atom is -0.506 e. The van der Waals surface area contributed by atoms with Gasteiger partial charge in [0.05, 0.1) is 9.78 Å². The van der Waals surface area contributed by atoms with E-state index >= 15 is 0 Å². The van der Waals surface area contributed by atoms with Gasteiger partial charge in [-0.2, -0.15) is 5.10 Å². The molecule has 0 spiro atoms. The maximum atomic E-state index is 12.9. The third kappa shape index (κ3) is 5.86. The molecule has 0 radical (unpaired) electrons. The monoisotopic (exact) mass is 681 g/mol. The summed E-state index contributed by atoms with van der Waals surface area (Å²) in [6.07, 6.45) is 2.86. The fourth-order valence-electron chi connectivity index (χ4n) is 3.02. The lowest BCUT2D eigenvalue weighted by molar-refractivity contribution is -0.117. The minimum atomic E-state index is -0.641. The van der Waals surface area contributed by atoms with Crippen LogP contribution in [0.2, 0.25) is 0 Å². The van der Waals surface area contributed by atoms with E-state index in [1.54, 1.807) is 54.6 Å². The van der Waals surface area contributed by atoms with E-state index in [4.69, 9.17) is 9.47 Å². The molecule has 3 aromatic rings. The Morgan fingerprint density at radius 1 is 1.00 bits per heavy atom. The lowest BCUT2D eigenvalue weighted by Crippen LogP contribution is -2.32. The van der Waals surface area contributed by atoms with Gasteiger partial charge in [0, 0.05) is 14.7 Å². The topological polar surface area (TPSA) is 109 Å². The van der Waals surface area contributed by atoms with E-state index in [1.807, 2.05) is 28.7 Å². The third-order valence-electron chi connectivity index (χ3n) is 4.66.